The van der Waals surface area contributed by atoms with Crippen LogP contribution in [-0.2, 0) is 4.74 Å². The van der Waals surface area contributed by atoms with Crippen molar-refractivity contribution in [2.24, 2.45) is 17.7 Å². The minimum Gasteiger partial charge on any atom is -0.380 e. The zero-order chi connectivity index (χ0) is 12.5. The Kier molecular flexibility index (Phi) is 7.82. The van der Waals surface area contributed by atoms with Gasteiger partial charge in [0.2, 0.25) is 0 Å². The Morgan fingerprint density at radius 3 is 2.47 bits per heavy atom. The second-order valence-electron chi connectivity index (χ2n) is 5.36. The van der Waals surface area contributed by atoms with Crippen LogP contribution in [0.3, 0.4) is 0 Å². The molecule has 1 atom stereocenters. The van der Waals surface area contributed by atoms with Crippen molar-refractivity contribution in [2.45, 2.75) is 64.8 Å². The first-order chi connectivity index (χ1) is 8.31. The van der Waals surface area contributed by atoms with Gasteiger partial charge >= 0.3 is 0 Å². The van der Waals surface area contributed by atoms with Gasteiger partial charge in [0.15, 0.2) is 0 Å². The van der Waals surface area contributed by atoms with Gasteiger partial charge in [-0.05, 0) is 31.6 Å². The quantitative estimate of drug-likeness (QED) is 0.508. The molecule has 1 aliphatic carbocycles. The molecule has 1 aliphatic rings. The molecule has 1 unspecified atom stereocenters. The summed E-state index contributed by atoms with van der Waals surface area (Å²) in [6.45, 7) is 5.86. The van der Waals surface area contributed by atoms with E-state index in [0.29, 0.717) is 12.0 Å². The Bertz CT molecular complexity index is 179. The lowest BCUT2D eigenvalue weighted by molar-refractivity contribution is 0.0868. The predicted octanol–water partition coefficient (Wildman–Crippen LogP) is 2.85. The van der Waals surface area contributed by atoms with Gasteiger partial charge in [0.25, 0.3) is 0 Å². The van der Waals surface area contributed by atoms with E-state index >= 15 is 0 Å². The van der Waals surface area contributed by atoms with E-state index < -0.39 is 0 Å². The van der Waals surface area contributed by atoms with Crippen LogP contribution in [0.25, 0.3) is 0 Å². The number of unbranched alkanes of at least 4 members (excludes halogenated alkanes) is 1. The van der Waals surface area contributed by atoms with E-state index in [9.17, 15) is 0 Å². The summed E-state index contributed by atoms with van der Waals surface area (Å²) in [5, 5.41) is 0. The molecule has 0 radical (unpaired) electrons. The van der Waals surface area contributed by atoms with Gasteiger partial charge in [0, 0.05) is 12.6 Å². The Balaban J connectivity index is 2.24. The maximum atomic E-state index is 5.63. The number of rotatable bonds is 8. The fourth-order valence-corrected chi connectivity index (χ4v) is 2.94. The fraction of sp³-hybridized carbons (Fsp3) is 1.00. The first-order valence-corrected chi connectivity index (χ1v) is 7.35. The van der Waals surface area contributed by atoms with Crippen LogP contribution in [0, 0.1) is 11.8 Å². The summed E-state index contributed by atoms with van der Waals surface area (Å²) >= 11 is 0. The number of nitrogens with two attached hydrogens (primary N) is 1. The van der Waals surface area contributed by atoms with Crippen molar-refractivity contribution in [3.05, 3.63) is 0 Å². The molecule has 0 bridgehead atoms. The lowest BCUT2D eigenvalue weighted by atomic mass is 9.77. The van der Waals surface area contributed by atoms with Gasteiger partial charge < -0.3 is 4.74 Å². The van der Waals surface area contributed by atoms with Crippen LogP contribution in [0.15, 0.2) is 0 Å². The van der Waals surface area contributed by atoms with E-state index in [0.717, 1.165) is 19.1 Å². The molecule has 0 spiro atoms. The van der Waals surface area contributed by atoms with Crippen LogP contribution in [0.4, 0.5) is 0 Å². The maximum absolute atomic E-state index is 5.63. The van der Waals surface area contributed by atoms with Crippen molar-refractivity contribution < 1.29 is 4.74 Å². The molecular formula is C14H30N2O. The number of hydrogen-bond acceptors (Lipinski definition) is 3. The summed E-state index contributed by atoms with van der Waals surface area (Å²) in [6, 6.07) is 0.349. The van der Waals surface area contributed by atoms with Gasteiger partial charge in [-0.1, -0.05) is 39.0 Å². The third-order valence-electron chi connectivity index (χ3n) is 4.14. The van der Waals surface area contributed by atoms with E-state index in [2.05, 4.69) is 12.3 Å². The van der Waals surface area contributed by atoms with E-state index in [4.69, 9.17) is 10.6 Å². The molecule has 0 amide bonds. The Morgan fingerprint density at radius 2 is 1.94 bits per heavy atom. The van der Waals surface area contributed by atoms with Gasteiger partial charge in [0.05, 0.1) is 6.61 Å². The number of hydrazine groups is 1. The average molecular weight is 242 g/mol. The molecule has 3 nitrogen and oxygen atoms in total. The first-order valence-electron chi connectivity index (χ1n) is 7.35. The van der Waals surface area contributed by atoms with E-state index in [1.165, 1.54) is 44.9 Å². The second kappa shape index (κ2) is 8.90. The highest BCUT2D eigenvalue weighted by Gasteiger charge is 2.26. The van der Waals surface area contributed by atoms with Crippen molar-refractivity contribution in [3.8, 4) is 0 Å². The summed E-state index contributed by atoms with van der Waals surface area (Å²) in [4.78, 5) is 0. The predicted molar refractivity (Wildman–Crippen MR) is 72.6 cm³/mol. The largest absolute Gasteiger partial charge is 0.380 e. The molecule has 17 heavy (non-hydrogen) atoms. The highest BCUT2D eigenvalue weighted by atomic mass is 16.5. The molecule has 0 saturated heterocycles. The van der Waals surface area contributed by atoms with Crippen LogP contribution < -0.4 is 11.3 Å². The summed E-state index contributed by atoms with van der Waals surface area (Å²) in [5.74, 6) is 7.31. The SMILES string of the molecule is CCCCC1CCC(C(COCC)NN)CC1. The lowest BCUT2D eigenvalue weighted by Gasteiger charge is -2.33. The molecular weight excluding hydrogens is 212 g/mol. The Labute approximate surface area is 106 Å². The molecule has 1 saturated carbocycles. The van der Waals surface area contributed by atoms with Crippen LogP contribution >= 0.6 is 0 Å². The van der Waals surface area contributed by atoms with E-state index in [1.807, 2.05) is 6.92 Å². The molecule has 0 aromatic heterocycles. The molecule has 0 aromatic carbocycles. The van der Waals surface area contributed by atoms with Gasteiger partial charge in [-0.3, -0.25) is 11.3 Å². The molecule has 1 fully saturated rings. The monoisotopic (exact) mass is 242 g/mol. The third-order valence-corrected chi connectivity index (χ3v) is 4.14. The third kappa shape index (κ3) is 5.36. The van der Waals surface area contributed by atoms with Gasteiger partial charge in [-0.15, -0.1) is 0 Å². The summed E-state index contributed by atoms with van der Waals surface area (Å²) in [7, 11) is 0. The minimum atomic E-state index is 0.349. The molecule has 0 aromatic rings. The second-order valence-corrected chi connectivity index (χ2v) is 5.36. The van der Waals surface area contributed by atoms with Crippen molar-refractivity contribution in [2.75, 3.05) is 13.2 Å². The van der Waals surface area contributed by atoms with Crippen LogP contribution in [0.5, 0.6) is 0 Å². The fourth-order valence-electron chi connectivity index (χ4n) is 2.94. The lowest BCUT2D eigenvalue weighted by Crippen LogP contribution is -2.45. The Hall–Kier alpha value is -0.120. The normalized spacial score (nSPS) is 27.0. The zero-order valence-corrected chi connectivity index (χ0v) is 11.6. The molecule has 0 aliphatic heterocycles. The van der Waals surface area contributed by atoms with E-state index in [1.54, 1.807) is 0 Å². The summed E-state index contributed by atoms with van der Waals surface area (Å²) in [5.41, 5.74) is 2.94. The van der Waals surface area contributed by atoms with Gasteiger partial charge in [-0.2, -0.15) is 0 Å². The van der Waals surface area contributed by atoms with E-state index in [-0.39, 0.29) is 0 Å². The molecule has 102 valence electrons. The molecule has 1 rings (SSSR count). The highest BCUT2D eigenvalue weighted by molar-refractivity contribution is 4.80. The highest BCUT2D eigenvalue weighted by Crippen LogP contribution is 2.33. The topological polar surface area (TPSA) is 47.3 Å². The average Bonchev–Trinajstić information content (AvgIpc) is 2.38. The van der Waals surface area contributed by atoms with Gasteiger partial charge in [0.1, 0.15) is 0 Å². The molecule has 3 heteroatoms. The molecule has 0 heterocycles. The van der Waals surface area contributed by atoms with Crippen molar-refractivity contribution in [1.82, 2.24) is 5.43 Å². The van der Waals surface area contributed by atoms with Gasteiger partial charge in [-0.25, -0.2) is 0 Å². The van der Waals surface area contributed by atoms with Crippen LogP contribution in [0.2, 0.25) is 0 Å². The van der Waals surface area contributed by atoms with Crippen molar-refractivity contribution >= 4 is 0 Å². The summed E-state index contributed by atoms with van der Waals surface area (Å²) in [6.07, 6.45) is 9.55. The summed E-state index contributed by atoms with van der Waals surface area (Å²) < 4.78 is 5.49. The standard InChI is InChI=1S/C14H30N2O/c1-3-5-6-12-7-9-13(10-8-12)14(16-15)11-17-4-2/h12-14,16H,3-11,15H2,1-2H3. The van der Waals surface area contributed by atoms with Crippen LogP contribution in [0.1, 0.15) is 58.8 Å². The molecule has 3 N–H and O–H groups in total. The number of hydrogen-bond donors (Lipinski definition) is 2. The zero-order valence-electron chi connectivity index (χ0n) is 11.6. The first kappa shape index (κ1) is 14.9. The minimum absolute atomic E-state index is 0.349. The van der Waals surface area contributed by atoms with Crippen molar-refractivity contribution in [1.29, 1.82) is 0 Å². The number of nitrogens with one attached hydrogen (secondary N) is 1. The number of ether oxygens (including phenoxy) is 1. The Morgan fingerprint density at radius 1 is 1.24 bits per heavy atom. The van der Waals surface area contributed by atoms with Crippen LogP contribution in [-0.4, -0.2) is 19.3 Å². The van der Waals surface area contributed by atoms with Crippen molar-refractivity contribution in [3.63, 3.8) is 0 Å². The smallest absolute Gasteiger partial charge is 0.0635 e. The maximum Gasteiger partial charge on any atom is 0.0635 e.